The molecule has 1 N–H and O–H groups in total. The molecule has 3 aromatic heterocycles. The number of aromatic nitrogens is 2. The second kappa shape index (κ2) is 6.88. The maximum atomic E-state index is 4.09. The average Bonchev–Trinajstić information content (AvgIpc) is 3.46. The molecule has 5 aromatic rings. The van der Waals surface area contributed by atoms with E-state index in [1.54, 1.807) is 29.0 Å². The molecule has 2 aromatic carbocycles. The second-order valence-corrected chi connectivity index (χ2v) is 7.87. The SMILES string of the molecule is C(#Cc1csc2c(-c3ccc(-c4cnc[nH]4)cc3)csc12)c1ccccc1. The zero-order valence-electron chi connectivity index (χ0n) is 14.3. The standard InChI is InChI=1S/C23H14N2S2/c1-2-4-16(5-3-1)6-7-19-13-26-23-20(14-27-22(19)23)17-8-10-18(11-9-17)21-12-24-15-25-21/h1-5,8-15H,(H,24,25). The van der Waals surface area contributed by atoms with Crippen LogP contribution in [0.5, 0.6) is 0 Å². The van der Waals surface area contributed by atoms with E-state index in [0.717, 1.165) is 22.4 Å². The van der Waals surface area contributed by atoms with E-state index in [1.165, 1.54) is 20.5 Å². The van der Waals surface area contributed by atoms with Crippen LogP contribution in [0, 0.1) is 11.8 Å². The van der Waals surface area contributed by atoms with Crippen molar-refractivity contribution in [3.05, 3.63) is 89.0 Å². The fraction of sp³-hybridized carbons (Fsp3) is 0. The number of thiophene rings is 2. The quantitative estimate of drug-likeness (QED) is 0.351. The van der Waals surface area contributed by atoms with Crippen molar-refractivity contribution in [3.8, 4) is 34.2 Å². The predicted octanol–water partition coefficient (Wildman–Crippen LogP) is 6.42. The molecule has 27 heavy (non-hydrogen) atoms. The fourth-order valence-electron chi connectivity index (χ4n) is 3.01. The van der Waals surface area contributed by atoms with Gasteiger partial charge in [0.15, 0.2) is 0 Å². The molecule has 0 aliphatic rings. The maximum absolute atomic E-state index is 4.09. The zero-order chi connectivity index (χ0) is 18.1. The van der Waals surface area contributed by atoms with E-state index in [-0.39, 0.29) is 0 Å². The Kier molecular flexibility index (Phi) is 4.10. The van der Waals surface area contributed by atoms with Crippen molar-refractivity contribution in [2.75, 3.05) is 0 Å². The molecule has 0 bridgehead atoms. The lowest BCUT2D eigenvalue weighted by Crippen LogP contribution is -1.78. The van der Waals surface area contributed by atoms with Crippen LogP contribution < -0.4 is 0 Å². The molecule has 3 heterocycles. The van der Waals surface area contributed by atoms with E-state index in [1.807, 2.05) is 36.5 Å². The minimum absolute atomic E-state index is 1.03. The van der Waals surface area contributed by atoms with Crippen molar-refractivity contribution in [2.24, 2.45) is 0 Å². The van der Waals surface area contributed by atoms with Crippen molar-refractivity contribution in [3.63, 3.8) is 0 Å². The van der Waals surface area contributed by atoms with Gasteiger partial charge in [0.2, 0.25) is 0 Å². The van der Waals surface area contributed by atoms with Gasteiger partial charge in [0.25, 0.3) is 0 Å². The Hall–Kier alpha value is -3.13. The number of aromatic amines is 1. The fourth-order valence-corrected chi connectivity index (χ4v) is 5.33. The molecule has 128 valence electrons. The highest BCUT2D eigenvalue weighted by Gasteiger charge is 2.11. The molecular weight excluding hydrogens is 368 g/mol. The van der Waals surface area contributed by atoms with Crippen LogP contribution in [0.3, 0.4) is 0 Å². The first-order valence-corrected chi connectivity index (χ1v) is 10.3. The molecule has 0 atom stereocenters. The van der Waals surface area contributed by atoms with Gasteiger partial charge in [-0.05, 0) is 23.3 Å². The van der Waals surface area contributed by atoms with E-state index in [0.29, 0.717) is 0 Å². The van der Waals surface area contributed by atoms with Crippen LogP contribution in [0.4, 0.5) is 0 Å². The summed E-state index contributed by atoms with van der Waals surface area (Å²) in [5.74, 6) is 6.60. The van der Waals surface area contributed by atoms with Gasteiger partial charge in [-0.1, -0.05) is 54.3 Å². The van der Waals surface area contributed by atoms with Crippen LogP contribution in [0.1, 0.15) is 11.1 Å². The molecule has 5 rings (SSSR count). The van der Waals surface area contributed by atoms with Crippen molar-refractivity contribution in [1.29, 1.82) is 0 Å². The van der Waals surface area contributed by atoms with E-state index >= 15 is 0 Å². The number of hydrogen-bond acceptors (Lipinski definition) is 3. The molecule has 0 spiro atoms. The summed E-state index contributed by atoms with van der Waals surface area (Å²) in [6.45, 7) is 0. The Bertz CT molecular complexity index is 1250. The van der Waals surface area contributed by atoms with Crippen molar-refractivity contribution in [2.45, 2.75) is 0 Å². The Morgan fingerprint density at radius 1 is 0.778 bits per heavy atom. The first-order chi connectivity index (χ1) is 13.4. The van der Waals surface area contributed by atoms with E-state index in [4.69, 9.17) is 0 Å². The number of nitrogens with zero attached hydrogens (tertiary/aromatic N) is 1. The Morgan fingerprint density at radius 3 is 2.33 bits per heavy atom. The summed E-state index contributed by atoms with van der Waals surface area (Å²) in [6, 6.07) is 18.7. The summed E-state index contributed by atoms with van der Waals surface area (Å²) in [6.07, 6.45) is 3.55. The van der Waals surface area contributed by atoms with E-state index in [2.05, 4.69) is 56.8 Å². The lowest BCUT2D eigenvalue weighted by atomic mass is 10.1. The lowest BCUT2D eigenvalue weighted by molar-refractivity contribution is 1.31. The normalized spacial score (nSPS) is 10.7. The summed E-state index contributed by atoms with van der Waals surface area (Å²) in [5.41, 5.74) is 6.85. The van der Waals surface area contributed by atoms with Crippen molar-refractivity contribution < 1.29 is 0 Å². The van der Waals surface area contributed by atoms with Crippen LogP contribution in [0.2, 0.25) is 0 Å². The highest BCUT2D eigenvalue weighted by atomic mass is 32.1. The number of hydrogen-bond donors (Lipinski definition) is 1. The monoisotopic (exact) mass is 382 g/mol. The lowest BCUT2D eigenvalue weighted by Gasteiger charge is -2.01. The second-order valence-electron chi connectivity index (χ2n) is 6.12. The first-order valence-electron chi connectivity index (χ1n) is 8.53. The van der Waals surface area contributed by atoms with Gasteiger partial charge >= 0.3 is 0 Å². The van der Waals surface area contributed by atoms with Gasteiger partial charge in [-0.3, -0.25) is 0 Å². The maximum Gasteiger partial charge on any atom is 0.0924 e. The number of imidazole rings is 1. The van der Waals surface area contributed by atoms with Gasteiger partial charge in [-0.2, -0.15) is 0 Å². The molecule has 0 unspecified atom stereocenters. The summed E-state index contributed by atoms with van der Waals surface area (Å²) < 4.78 is 2.59. The molecule has 0 aliphatic heterocycles. The number of benzene rings is 2. The Labute approximate surface area is 165 Å². The highest BCUT2D eigenvalue weighted by molar-refractivity contribution is 7.27. The molecule has 0 aliphatic carbocycles. The Morgan fingerprint density at radius 2 is 1.56 bits per heavy atom. The number of nitrogens with one attached hydrogen (secondary N) is 1. The van der Waals surface area contributed by atoms with Crippen LogP contribution in [0.25, 0.3) is 31.8 Å². The van der Waals surface area contributed by atoms with Gasteiger partial charge in [0.05, 0.1) is 33.2 Å². The molecule has 0 radical (unpaired) electrons. The summed E-state index contributed by atoms with van der Waals surface area (Å²) in [4.78, 5) is 7.23. The van der Waals surface area contributed by atoms with Gasteiger partial charge in [-0.25, -0.2) is 4.98 Å². The van der Waals surface area contributed by atoms with Crippen molar-refractivity contribution in [1.82, 2.24) is 9.97 Å². The number of H-pyrrole nitrogens is 1. The number of rotatable bonds is 2. The van der Waals surface area contributed by atoms with E-state index in [9.17, 15) is 0 Å². The molecule has 0 amide bonds. The van der Waals surface area contributed by atoms with Crippen LogP contribution in [-0.2, 0) is 0 Å². The smallest absolute Gasteiger partial charge is 0.0924 e. The number of fused-ring (bicyclic) bond motifs is 1. The minimum Gasteiger partial charge on any atom is -0.345 e. The average molecular weight is 383 g/mol. The third-order valence-corrected chi connectivity index (χ3v) is 6.56. The van der Waals surface area contributed by atoms with Crippen LogP contribution >= 0.6 is 22.7 Å². The van der Waals surface area contributed by atoms with Crippen LogP contribution in [-0.4, -0.2) is 9.97 Å². The van der Waals surface area contributed by atoms with Crippen LogP contribution in [0.15, 0.2) is 77.9 Å². The molecule has 2 nitrogen and oxygen atoms in total. The van der Waals surface area contributed by atoms with Crippen molar-refractivity contribution >= 4 is 32.1 Å². The summed E-state index contributed by atoms with van der Waals surface area (Å²) in [7, 11) is 0. The summed E-state index contributed by atoms with van der Waals surface area (Å²) >= 11 is 3.54. The zero-order valence-corrected chi connectivity index (χ0v) is 15.9. The third kappa shape index (κ3) is 3.08. The molecule has 0 saturated heterocycles. The minimum atomic E-state index is 1.03. The largest absolute Gasteiger partial charge is 0.345 e. The van der Waals surface area contributed by atoms with E-state index < -0.39 is 0 Å². The topological polar surface area (TPSA) is 28.7 Å². The molecular formula is C23H14N2S2. The van der Waals surface area contributed by atoms with Gasteiger partial charge in [0, 0.05) is 21.9 Å². The third-order valence-electron chi connectivity index (χ3n) is 4.41. The first kappa shape index (κ1) is 16.1. The van der Waals surface area contributed by atoms with Gasteiger partial charge < -0.3 is 4.98 Å². The molecule has 4 heteroatoms. The molecule has 0 fully saturated rings. The van der Waals surface area contributed by atoms with Gasteiger partial charge in [0.1, 0.15) is 0 Å². The van der Waals surface area contributed by atoms with Gasteiger partial charge in [-0.15, -0.1) is 22.7 Å². The summed E-state index contributed by atoms with van der Waals surface area (Å²) in [5, 5.41) is 4.40. The Balaban J connectivity index is 1.49. The molecule has 0 saturated carbocycles. The highest BCUT2D eigenvalue weighted by Crippen LogP contribution is 2.40. The predicted molar refractivity (Wildman–Crippen MR) is 115 cm³/mol.